The van der Waals surface area contributed by atoms with E-state index in [2.05, 4.69) is 10.5 Å². The first-order valence-corrected chi connectivity index (χ1v) is 5.26. The largest absolute Gasteiger partial charge is 0.394 e. The maximum Gasteiger partial charge on any atom is 0.249 e. The molecule has 0 spiro atoms. The number of nitrogens with two attached hydrogens (primary N) is 1. The van der Waals surface area contributed by atoms with Crippen LogP contribution in [-0.2, 0) is 14.3 Å². The van der Waals surface area contributed by atoms with Gasteiger partial charge in [0.05, 0.1) is 6.61 Å². The molecule has 0 aliphatic carbocycles. The molecule has 2 aliphatic heterocycles. The fraction of sp³-hybridized carbons (Fsp3) is 0.667. The molecule has 5 atom stereocenters. The van der Waals surface area contributed by atoms with Crippen molar-refractivity contribution >= 4 is 17.4 Å². The van der Waals surface area contributed by atoms with Gasteiger partial charge < -0.3 is 25.8 Å². The number of carbonyl (C=O) groups excluding carboxylic acids is 2. The molecule has 18 heavy (non-hydrogen) atoms. The quantitative estimate of drug-likeness (QED) is 0.322. The Morgan fingerprint density at radius 3 is 2.56 bits per heavy atom. The summed E-state index contributed by atoms with van der Waals surface area (Å²) in [5, 5.41) is 31.7. The average Bonchev–Trinajstić information content (AvgIpc) is 2.82. The van der Waals surface area contributed by atoms with Gasteiger partial charge in [-0.25, -0.2) is 0 Å². The minimum atomic E-state index is -1.40. The lowest BCUT2D eigenvalue weighted by Gasteiger charge is -2.13. The highest BCUT2D eigenvalue weighted by Crippen LogP contribution is 2.24. The number of aliphatic hydroxyl groups is 3. The lowest BCUT2D eigenvalue weighted by molar-refractivity contribution is -0.125. The molecule has 0 aromatic carbocycles. The van der Waals surface area contributed by atoms with Gasteiger partial charge in [0.2, 0.25) is 11.7 Å². The normalized spacial score (nSPS) is 39.6. The van der Waals surface area contributed by atoms with Crippen LogP contribution in [0.4, 0.5) is 0 Å². The van der Waals surface area contributed by atoms with Crippen LogP contribution in [0.2, 0.25) is 0 Å². The number of hydrogen-bond donors (Lipinski definition) is 5. The Kier molecular flexibility index (Phi) is 3.30. The Bertz CT molecular complexity index is 411. The summed E-state index contributed by atoms with van der Waals surface area (Å²) in [7, 11) is 0. The number of amides is 1. The van der Waals surface area contributed by atoms with E-state index >= 15 is 0 Å². The molecular formula is C9H13N3O6. The number of rotatable bonds is 3. The Balaban J connectivity index is 2.15. The van der Waals surface area contributed by atoms with Crippen molar-refractivity contribution in [2.24, 2.45) is 10.8 Å². The van der Waals surface area contributed by atoms with Gasteiger partial charge in [-0.1, -0.05) is 0 Å². The molecular weight excluding hydrogens is 246 g/mol. The molecule has 0 radical (unpaired) electrons. The van der Waals surface area contributed by atoms with Gasteiger partial charge in [-0.15, -0.1) is 0 Å². The first-order chi connectivity index (χ1) is 8.47. The molecule has 1 unspecified atom stereocenters. The van der Waals surface area contributed by atoms with Crippen molar-refractivity contribution in [1.82, 2.24) is 5.43 Å². The molecule has 9 nitrogen and oxygen atoms in total. The van der Waals surface area contributed by atoms with Crippen molar-refractivity contribution in [3.05, 3.63) is 0 Å². The number of ether oxygens (including phenoxy) is 1. The molecule has 1 saturated heterocycles. The summed E-state index contributed by atoms with van der Waals surface area (Å²) in [4.78, 5) is 22.7. The van der Waals surface area contributed by atoms with Crippen LogP contribution in [0.25, 0.3) is 0 Å². The molecule has 0 aromatic heterocycles. The van der Waals surface area contributed by atoms with Crippen molar-refractivity contribution in [3.8, 4) is 0 Å². The predicted octanol–water partition coefficient (Wildman–Crippen LogP) is -4.15. The molecule has 0 aromatic rings. The number of primary amides is 1. The number of hydrogen-bond acceptors (Lipinski definition) is 8. The number of aliphatic hydroxyl groups excluding tert-OH is 3. The number of Topliss-reactive ketones (excluding diaryl/α,β-unsaturated/α-hetero) is 1. The van der Waals surface area contributed by atoms with E-state index in [1.807, 2.05) is 0 Å². The van der Waals surface area contributed by atoms with Gasteiger partial charge >= 0.3 is 0 Å². The molecule has 2 aliphatic rings. The third kappa shape index (κ3) is 1.86. The summed E-state index contributed by atoms with van der Waals surface area (Å²) in [6.07, 6.45) is -4.93. The minimum Gasteiger partial charge on any atom is -0.394 e. The van der Waals surface area contributed by atoms with Crippen molar-refractivity contribution in [2.45, 2.75) is 30.5 Å². The Labute approximate surface area is 101 Å². The van der Waals surface area contributed by atoms with Gasteiger partial charge in [-0.3, -0.25) is 15.0 Å². The number of ketones is 1. The summed E-state index contributed by atoms with van der Waals surface area (Å²) < 4.78 is 5.12. The van der Waals surface area contributed by atoms with E-state index in [0.717, 1.165) is 0 Å². The first-order valence-electron chi connectivity index (χ1n) is 5.26. The zero-order chi connectivity index (χ0) is 13.4. The Morgan fingerprint density at radius 1 is 1.44 bits per heavy atom. The third-order valence-electron chi connectivity index (χ3n) is 2.93. The Morgan fingerprint density at radius 2 is 2.11 bits per heavy atom. The molecule has 9 heteroatoms. The molecule has 6 N–H and O–H groups in total. The predicted molar refractivity (Wildman–Crippen MR) is 56.3 cm³/mol. The van der Waals surface area contributed by atoms with Gasteiger partial charge in [0.1, 0.15) is 30.1 Å². The van der Waals surface area contributed by atoms with E-state index in [0.29, 0.717) is 0 Å². The summed E-state index contributed by atoms with van der Waals surface area (Å²) in [6, 6.07) is -1.29. The molecule has 0 saturated carbocycles. The molecule has 2 heterocycles. The van der Waals surface area contributed by atoms with Gasteiger partial charge in [-0.05, 0) is 0 Å². The highest BCUT2D eigenvalue weighted by Gasteiger charge is 2.49. The lowest BCUT2D eigenvalue weighted by atomic mass is 9.99. The number of nitrogens with one attached hydrogen (secondary N) is 1. The maximum absolute atomic E-state index is 11.8. The average molecular weight is 259 g/mol. The van der Waals surface area contributed by atoms with E-state index < -0.39 is 48.8 Å². The molecule has 1 amide bonds. The van der Waals surface area contributed by atoms with Gasteiger partial charge in [0.15, 0.2) is 6.04 Å². The highest BCUT2D eigenvalue weighted by molar-refractivity contribution is 6.48. The lowest BCUT2D eigenvalue weighted by Crippen LogP contribution is -2.46. The maximum atomic E-state index is 11.8. The van der Waals surface area contributed by atoms with Crippen LogP contribution in [0.5, 0.6) is 0 Å². The zero-order valence-electron chi connectivity index (χ0n) is 9.18. The molecule has 1 fully saturated rings. The van der Waals surface area contributed by atoms with E-state index in [-0.39, 0.29) is 5.71 Å². The number of hydrazone groups is 1. The Hall–Kier alpha value is -1.55. The van der Waals surface area contributed by atoms with Gasteiger partial charge in [0.25, 0.3) is 0 Å². The summed E-state index contributed by atoms with van der Waals surface area (Å²) >= 11 is 0. The monoisotopic (exact) mass is 259 g/mol. The van der Waals surface area contributed by atoms with Crippen LogP contribution in [-0.4, -0.2) is 69.8 Å². The highest BCUT2D eigenvalue weighted by atomic mass is 16.6. The number of carbonyl (C=O) groups is 2. The van der Waals surface area contributed by atoms with E-state index in [9.17, 15) is 19.8 Å². The van der Waals surface area contributed by atoms with Crippen LogP contribution in [0.15, 0.2) is 5.10 Å². The van der Waals surface area contributed by atoms with Crippen molar-refractivity contribution < 1.29 is 29.6 Å². The van der Waals surface area contributed by atoms with Crippen LogP contribution in [0, 0.1) is 0 Å². The first kappa shape index (κ1) is 12.9. The standard InChI is InChI=1S/C9H13N3O6/c10-9(17)4-6(15)3(11-12-4)8-7(16)5(14)2(1-13)18-8/h2,4-5,7-8,12-14,16H,1H2,(H2,10,17)/t2-,4?,5-,7-,8+/m1/s1. The molecule has 100 valence electrons. The van der Waals surface area contributed by atoms with Crippen molar-refractivity contribution in [1.29, 1.82) is 0 Å². The molecule has 0 bridgehead atoms. The van der Waals surface area contributed by atoms with Gasteiger partial charge in [-0.2, -0.15) is 5.10 Å². The third-order valence-corrected chi connectivity index (χ3v) is 2.93. The summed E-state index contributed by atoms with van der Waals surface area (Å²) in [5.74, 6) is -1.61. The molecule has 2 rings (SSSR count). The second-order valence-electron chi connectivity index (χ2n) is 4.08. The summed E-state index contributed by atoms with van der Waals surface area (Å²) in [6.45, 7) is -0.511. The van der Waals surface area contributed by atoms with Crippen LogP contribution in [0.3, 0.4) is 0 Å². The second kappa shape index (κ2) is 4.61. The minimum absolute atomic E-state index is 0.221. The fourth-order valence-electron chi connectivity index (χ4n) is 1.92. The SMILES string of the molecule is NC(=O)C1NN=C([C@@H]2O[C@H](CO)[C@@H](O)[C@H]2O)C1=O. The fourth-order valence-corrected chi connectivity index (χ4v) is 1.92. The van der Waals surface area contributed by atoms with Crippen molar-refractivity contribution in [3.63, 3.8) is 0 Å². The van der Waals surface area contributed by atoms with E-state index in [1.165, 1.54) is 0 Å². The van der Waals surface area contributed by atoms with E-state index in [1.54, 1.807) is 0 Å². The number of nitrogens with zero attached hydrogens (tertiary/aromatic N) is 1. The van der Waals surface area contributed by atoms with Crippen LogP contribution < -0.4 is 11.2 Å². The topological polar surface area (TPSA) is 154 Å². The van der Waals surface area contributed by atoms with E-state index in [4.69, 9.17) is 15.6 Å². The smallest absolute Gasteiger partial charge is 0.249 e. The van der Waals surface area contributed by atoms with Crippen LogP contribution in [0.1, 0.15) is 0 Å². The zero-order valence-corrected chi connectivity index (χ0v) is 9.18. The van der Waals surface area contributed by atoms with Crippen LogP contribution >= 0.6 is 0 Å². The second-order valence-corrected chi connectivity index (χ2v) is 4.08. The van der Waals surface area contributed by atoms with Gasteiger partial charge in [0, 0.05) is 0 Å². The van der Waals surface area contributed by atoms with Crippen molar-refractivity contribution in [2.75, 3.05) is 6.61 Å². The summed E-state index contributed by atoms with van der Waals surface area (Å²) in [5.41, 5.74) is 6.98.